The van der Waals surface area contributed by atoms with Crippen LogP contribution in [-0.2, 0) is 19.3 Å². The molecule has 0 radical (unpaired) electrons. The van der Waals surface area contributed by atoms with Gasteiger partial charge in [0.05, 0.1) is 7.11 Å². The summed E-state index contributed by atoms with van der Waals surface area (Å²) in [4.78, 5) is 18.7. The number of thioether (sulfide) groups is 1. The third kappa shape index (κ3) is 4.60. The number of aromatic nitrogens is 3. The Labute approximate surface area is 193 Å². The summed E-state index contributed by atoms with van der Waals surface area (Å²) in [5.41, 5.74) is 4.62. The van der Waals surface area contributed by atoms with Crippen molar-refractivity contribution in [2.75, 3.05) is 7.11 Å². The first-order valence-electron chi connectivity index (χ1n) is 10.9. The minimum atomic E-state index is 0.0217. The van der Waals surface area contributed by atoms with E-state index in [1.165, 1.54) is 0 Å². The van der Waals surface area contributed by atoms with Crippen molar-refractivity contribution in [2.24, 2.45) is 13.0 Å². The number of fused-ring (bicyclic) bond motifs is 1. The van der Waals surface area contributed by atoms with Gasteiger partial charge in [0.1, 0.15) is 16.8 Å². The lowest BCUT2D eigenvalue weighted by molar-refractivity contribution is 0.414. The molecule has 2 aromatic heterocycles. The van der Waals surface area contributed by atoms with E-state index in [1.807, 2.05) is 58.8 Å². The maximum atomic E-state index is 13.6. The Balaban J connectivity index is 1.80. The molecule has 6 heteroatoms. The lowest BCUT2D eigenvalue weighted by Crippen LogP contribution is -2.25. The van der Waals surface area contributed by atoms with E-state index < -0.39 is 0 Å². The highest BCUT2D eigenvalue weighted by molar-refractivity contribution is 7.98. The molecule has 0 aliphatic heterocycles. The number of benzene rings is 2. The van der Waals surface area contributed by atoms with Gasteiger partial charge in [-0.2, -0.15) is 0 Å². The van der Waals surface area contributed by atoms with Gasteiger partial charge in [0.2, 0.25) is 0 Å². The number of rotatable bonds is 8. The fourth-order valence-electron chi connectivity index (χ4n) is 3.78. The van der Waals surface area contributed by atoms with Crippen LogP contribution in [0.2, 0.25) is 0 Å². The van der Waals surface area contributed by atoms with E-state index >= 15 is 0 Å². The number of aryl methyl sites for hydroxylation is 1. The average Bonchev–Trinajstić information content (AvgIpc) is 3.14. The zero-order valence-electron chi connectivity index (χ0n) is 19.0. The quantitative estimate of drug-likeness (QED) is 0.255. The molecule has 2 heterocycles. The fourth-order valence-corrected chi connectivity index (χ4v) is 4.74. The molecule has 0 bridgehead atoms. The van der Waals surface area contributed by atoms with E-state index in [1.54, 1.807) is 18.9 Å². The van der Waals surface area contributed by atoms with Crippen LogP contribution in [0.3, 0.4) is 0 Å². The molecular formula is C26H29N3O2S. The van der Waals surface area contributed by atoms with Crippen molar-refractivity contribution in [1.82, 2.24) is 14.1 Å². The maximum absolute atomic E-state index is 13.6. The SMILES string of the molecule is COc1cccc(CSc2nc3c(-c4ccccc4)cn(C)c3c(=O)n2CCC(C)C)c1. The summed E-state index contributed by atoms with van der Waals surface area (Å²) in [6.07, 6.45) is 2.94. The predicted octanol–water partition coefficient (Wildman–Crippen LogP) is 5.75. The molecule has 0 aliphatic carbocycles. The van der Waals surface area contributed by atoms with Crippen LogP contribution in [-0.4, -0.2) is 21.2 Å². The maximum Gasteiger partial charge on any atom is 0.278 e. The average molecular weight is 448 g/mol. The number of hydrogen-bond acceptors (Lipinski definition) is 4. The van der Waals surface area contributed by atoms with Crippen LogP contribution >= 0.6 is 11.8 Å². The summed E-state index contributed by atoms with van der Waals surface area (Å²) in [5, 5.41) is 0.759. The van der Waals surface area contributed by atoms with Crippen molar-refractivity contribution in [3.63, 3.8) is 0 Å². The lowest BCUT2D eigenvalue weighted by Gasteiger charge is -2.14. The van der Waals surface area contributed by atoms with Gasteiger partial charge in [-0.25, -0.2) is 4.98 Å². The number of ether oxygens (including phenoxy) is 1. The summed E-state index contributed by atoms with van der Waals surface area (Å²) in [5.74, 6) is 2.05. The van der Waals surface area contributed by atoms with Crippen LogP contribution in [0.4, 0.5) is 0 Å². The molecule has 5 nitrogen and oxygen atoms in total. The third-order valence-electron chi connectivity index (χ3n) is 5.56. The van der Waals surface area contributed by atoms with E-state index in [2.05, 4.69) is 32.0 Å². The Morgan fingerprint density at radius 3 is 2.59 bits per heavy atom. The van der Waals surface area contributed by atoms with Crippen molar-refractivity contribution in [3.05, 3.63) is 76.7 Å². The molecule has 0 atom stereocenters. The molecule has 2 aromatic carbocycles. The summed E-state index contributed by atoms with van der Waals surface area (Å²) >= 11 is 1.60. The molecule has 166 valence electrons. The highest BCUT2D eigenvalue weighted by atomic mass is 32.2. The van der Waals surface area contributed by atoms with Crippen LogP contribution in [0.1, 0.15) is 25.8 Å². The molecular weight excluding hydrogens is 418 g/mol. The summed E-state index contributed by atoms with van der Waals surface area (Å²) < 4.78 is 9.12. The van der Waals surface area contributed by atoms with Crippen LogP contribution in [0, 0.1) is 5.92 Å². The first kappa shape index (κ1) is 22.2. The van der Waals surface area contributed by atoms with Gasteiger partial charge in [0.25, 0.3) is 5.56 Å². The van der Waals surface area contributed by atoms with Crippen molar-refractivity contribution >= 4 is 22.8 Å². The highest BCUT2D eigenvalue weighted by Gasteiger charge is 2.19. The molecule has 0 fully saturated rings. The Hall–Kier alpha value is -2.99. The normalized spacial score (nSPS) is 11.4. The van der Waals surface area contributed by atoms with Gasteiger partial charge in [0, 0.05) is 31.1 Å². The van der Waals surface area contributed by atoms with Crippen molar-refractivity contribution in [3.8, 4) is 16.9 Å². The number of nitrogens with zero attached hydrogens (tertiary/aromatic N) is 3. The number of hydrogen-bond donors (Lipinski definition) is 0. The number of methoxy groups -OCH3 is 1. The zero-order chi connectivity index (χ0) is 22.7. The minimum absolute atomic E-state index is 0.0217. The van der Waals surface area contributed by atoms with Crippen LogP contribution in [0.15, 0.2) is 70.7 Å². The summed E-state index contributed by atoms with van der Waals surface area (Å²) in [7, 11) is 3.60. The highest BCUT2D eigenvalue weighted by Crippen LogP contribution is 2.30. The molecule has 0 saturated carbocycles. The molecule has 0 saturated heterocycles. The van der Waals surface area contributed by atoms with Gasteiger partial charge in [0.15, 0.2) is 5.16 Å². The summed E-state index contributed by atoms with van der Waals surface area (Å²) in [6, 6.07) is 18.2. The van der Waals surface area contributed by atoms with E-state index in [-0.39, 0.29) is 5.56 Å². The molecule has 0 amide bonds. The van der Waals surface area contributed by atoms with E-state index in [4.69, 9.17) is 9.72 Å². The third-order valence-corrected chi connectivity index (χ3v) is 6.61. The van der Waals surface area contributed by atoms with Gasteiger partial charge < -0.3 is 9.30 Å². The topological polar surface area (TPSA) is 49.1 Å². The molecule has 0 spiro atoms. The molecule has 32 heavy (non-hydrogen) atoms. The first-order valence-corrected chi connectivity index (χ1v) is 11.9. The van der Waals surface area contributed by atoms with Gasteiger partial charge in [-0.05, 0) is 35.6 Å². The lowest BCUT2D eigenvalue weighted by atomic mass is 10.1. The van der Waals surface area contributed by atoms with E-state index in [9.17, 15) is 4.79 Å². The predicted molar refractivity (Wildman–Crippen MR) is 132 cm³/mol. The smallest absolute Gasteiger partial charge is 0.278 e. The Kier molecular flexibility index (Phi) is 6.70. The first-order chi connectivity index (χ1) is 15.5. The summed E-state index contributed by atoms with van der Waals surface area (Å²) in [6.45, 7) is 5.01. The Bertz CT molecular complexity index is 1280. The standard InChI is InChI=1S/C26H29N3O2S/c1-18(2)13-14-29-25(30)24-23(22(16-28(24)3)20-10-6-5-7-11-20)27-26(29)32-17-19-9-8-12-21(15-19)31-4/h5-12,15-16,18H,13-14,17H2,1-4H3. The minimum Gasteiger partial charge on any atom is -0.497 e. The van der Waals surface area contributed by atoms with Crippen LogP contribution < -0.4 is 10.3 Å². The second-order valence-electron chi connectivity index (χ2n) is 8.39. The van der Waals surface area contributed by atoms with Crippen molar-refractivity contribution in [1.29, 1.82) is 0 Å². The van der Waals surface area contributed by atoms with Gasteiger partial charge in [-0.3, -0.25) is 9.36 Å². The van der Waals surface area contributed by atoms with Crippen molar-refractivity contribution < 1.29 is 4.74 Å². The van der Waals surface area contributed by atoms with E-state index in [0.29, 0.717) is 23.7 Å². The van der Waals surface area contributed by atoms with Gasteiger partial charge in [-0.1, -0.05) is 68.1 Å². The molecule has 4 aromatic rings. The Morgan fingerprint density at radius 1 is 1.09 bits per heavy atom. The fraction of sp³-hybridized carbons (Fsp3) is 0.308. The van der Waals surface area contributed by atoms with E-state index in [0.717, 1.165) is 39.5 Å². The van der Waals surface area contributed by atoms with Crippen LogP contribution in [0.25, 0.3) is 22.2 Å². The second-order valence-corrected chi connectivity index (χ2v) is 9.33. The monoisotopic (exact) mass is 447 g/mol. The molecule has 0 N–H and O–H groups in total. The largest absolute Gasteiger partial charge is 0.497 e. The van der Waals surface area contributed by atoms with Crippen LogP contribution in [0.5, 0.6) is 5.75 Å². The Morgan fingerprint density at radius 2 is 1.88 bits per heavy atom. The molecule has 4 rings (SSSR count). The van der Waals surface area contributed by atoms with Gasteiger partial charge in [-0.15, -0.1) is 0 Å². The second kappa shape index (κ2) is 9.65. The van der Waals surface area contributed by atoms with Crippen molar-refractivity contribution in [2.45, 2.75) is 37.7 Å². The molecule has 0 aliphatic rings. The van der Waals surface area contributed by atoms with Gasteiger partial charge >= 0.3 is 0 Å². The zero-order valence-corrected chi connectivity index (χ0v) is 19.9. The molecule has 0 unspecified atom stereocenters.